The Balaban J connectivity index is 1.63. The molecule has 134 valence electrons. The van der Waals surface area contributed by atoms with Gasteiger partial charge in [0, 0.05) is 30.6 Å². The maximum Gasteiger partial charge on any atom is 0.238 e. The normalized spacial score (nSPS) is 17.2. The van der Waals surface area contributed by atoms with Gasteiger partial charge in [0.2, 0.25) is 5.91 Å². The molecule has 0 spiro atoms. The molecule has 1 aromatic carbocycles. The van der Waals surface area contributed by atoms with Gasteiger partial charge in [-0.15, -0.1) is 11.3 Å². The van der Waals surface area contributed by atoms with Gasteiger partial charge in [-0.1, -0.05) is 6.07 Å². The molecule has 1 aliphatic rings. The van der Waals surface area contributed by atoms with Gasteiger partial charge in [-0.3, -0.25) is 9.69 Å². The molecule has 1 atom stereocenters. The van der Waals surface area contributed by atoms with Gasteiger partial charge in [0.1, 0.15) is 11.6 Å². The van der Waals surface area contributed by atoms with E-state index in [1.807, 2.05) is 22.4 Å². The molecule has 1 aromatic heterocycles. The van der Waals surface area contributed by atoms with E-state index < -0.39 is 11.6 Å². The van der Waals surface area contributed by atoms with Crippen molar-refractivity contribution in [2.75, 3.05) is 25.0 Å². The molecular weight excluding hydrogens is 346 g/mol. The lowest BCUT2D eigenvalue weighted by molar-refractivity contribution is -0.117. The van der Waals surface area contributed by atoms with Gasteiger partial charge in [-0.2, -0.15) is 0 Å². The van der Waals surface area contributed by atoms with E-state index in [1.54, 1.807) is 11.3 Å². The van der Waals surface area contributed by atoms with E-state index in [2.05, 4.69) is 5.32 Å². The van der Waals surface area contributed by atoms with Crippen molar-refractivity contribution < 1.29 is 18.3 Å². The Hall–Kier alpha value is -1.83. The molecule has 0 radical (unpaired) electrons. The van der Waals surface area contributed by atoms with Crippen molar-refractivity contribution in [3.8, 4) is 0 Å². The first-order valence-electron chi connectivity index (χ1n) is 8.21. The maximum absolute atomic E-state index is 13.7. The molecule has 0 unspecified atom stereocenters. The highest BCUT2D eigenvalue weighted by Crippen LogP contribution is 2.18. The predicted octanol–water partition coefficient (Wildman–Crippen LogP) is 3.65. The third-order valence-electron chi connectivity index (χ3n) is 4.02. The highest BCUT2D eigenvalue weighted by atomic mass is 32.1. The minimum Gasteiger partial charge on any atom is -0.377 e. The van der Waals surface area contributed by atoms with Gasteiger partial charge < -0.3 is 10.1 Å². The fourth-order valence-electron chi connectivity index (χ4n) is 2.87. The largest absolute Gasteiger partial charge is 0.377 e. The fourth-order valence-corrected chi connectivity index (χ4v) is 3.62. The minimum absolute atomic E-state index is 0.0910. The van der Waals surface area contributed by atoms with Gasteiger partial charge in [0.25, 0.3) is 0 Å². The first-order chi connectivity index (χ1) is 12.1. The lowest BCUT2D eigenvalue weighted by atomic mass is 10.2. The summed E-state index contributed by atoms with van der Waals surface area (Å²) in [4.78, 5) is 15.4. The monoisotopic (exact) mass is 366 g/mol. The highest BCUT2D eigenvalue weighted by molar-refractivity contribution is 7.09. The lowest BCUT2D eigenvalue weighted by Gasteiger charge is -2.24. The zero-order valence-electron chi connectivity index (χ0n) is 13.7. The summed E-state index contributed by atoms with van der Waals surface area (Å²) in [5.74, 6) is -1.62. The molecule has 1 aliphatic heterocycles. The molecule has 1 amide bonds. The Labute approximate surface area is 149 Å². The van der Waals surface area contributed by atoms with E-state index in [9.17, 15) is 13.6 Å². The quantitative estimate of drug-likeness (QED) is 0.813. The smallest absolute Gasteiger partial charge is 0.238 e. The number of amides is 1. The van der Waals surface area contributed by atoms with Crippen molar-refractivity contribution >= 4 is 22.9 Å². The number of rotatable bonds is 7. The number of anilines is 1. The van der Waals surface area contributed by atoms with E-state index in [-0.39, 0.29) is 24.2 Å². The van der Waals surface area contributed by atoms with Crippen molar-refractivity contribution in [3.05, 3.63) is 52.2 Å². The van der Waals surface area contributed by atoms with Crippen LogP contribution in [0.1, 0.15) is 17.7 Å². The highest BCUT2D eigenvalue weighted by Gasteiger charge is 2.21. The van der Waals surface area contributed by atoms with E-state index in [4.69, 9.17) is 4.74 Å². The van der Waals surface area contributed by atoms with E-state index in [1.165, 1.54) is 0 Å². The molecule has 0 bridgehead atoms. The van der Waals surface area contributed by atoms with Crippen molar-refractivity contribution in [2.45, 2.75) is 25.5 Å². The van der Waals surface area contributed by atoms with Crippen LogP contribution in [0.2, 0.25) is 0 Å². The molecule has 0 aliphatic carbocycles. The van der Waals surface area contributed by atoms with Gasteiger partial charge in [0.05, 0.1) is 18.3 Å². The number of nitrogens with zero attached hydrogens (tertiary/aromatic N) is 1. The summed E-state index contributed by atoms with van der Waals surface area (Å²) in [6, 6.07) is 6.98. The average molecular weight is 366 g/mol. The molecule has 7 heteroatoms. The zero-order valence-corrected chi connectivity index (χ0v) is 14.5. The second kappa shape index (κ2) is 8.51. The van der Waals surface area contributed by atoms with Crippen molar-refractivity contribution in [3.63, 3.8) is 0 Å². The molecule has 4 nitrogen and oxygen atoms in total. The summed E-state index contributed by atoms with van der Waals surface area (Å²) in [7, 11) is 0. The molecule has 25 heavy (non-hydrogen) atoms. The van der Waals surface area contributed by atoms with Crippen molar-refractivity contribution in [1.82, 2.24) is 4.90 Å². The third kappa shape index (κ3) is 5.32. The Kier molecular flexibility index (Phi) is 6.12. The van der Waals surface area contributed by atoms with Crippen LogP contribution in [-0.4, -0.2) is 36.6 Å². The van der Waals surface area contributed by atoms with E-state index in [0.717, 1.165) is 42.5 Å². The summed E-state index contributed by atoms with van der Waals surface area (Å²) in [6.07, 6.45) is 2.11. The summed E-state index contributed by atoms with van der Waals surface area (Å²) < 4.78 is 32.6. The maximum atomic E-state index is 13.7. The molecule has 2 aromatic rings. The standard InChI is InChI=1S/C18H20F2N2O2S/c19-13-5-6-16(20)17(9-13)21-18(23)12-22(10-14-3-1-7-24-14)11-15-4-2-8-25-15/h2,4-6,8-9,14H,1,3,7,10-12H2,(H,21,23)/t14-/m0/s1. The summed E-state index contributed by atoms with van der Waals surface area (Å²) in [5, 5.41) is 4.44. The van der Waals surface area contributed by atoms with Gasteiger partial charge >= 0.3 is 0 Å². The van der Waals surface area contributed by atoms with E-state index in [0.29, 0.717) is 13.1 Å². The summed E-state index contributed by atoms with van der Waals surface area (Å²) in [6.45, 7) is 2.10. The average Bonchev–Trinajstić information content (AvgIpc) is 3.25. The second-order valence-corrected chi connectivity index (χ2v) is 7.09. The van der Waals surface area contributed by atoms with Crippen LogP contribution in [0.4, 0.5) is 14.5 Å². The first-order valence-corrected chi connectivity index (χ1v) is 9.09. The Bertz CT molecular complexity index is 703. The summed E-state index contributed by atoms with van der Waals surface area (Å²) in [5.41, 5.74) is -0.141. The van der Waals surface area contributed by atoms with Crippen LogP contribution in [0.5, 0.6) is 0 Å². The predicted molar refractivity (Wildman–Crippen MR) is 93.6 cm³/mol. The molecule has 1 saturated heterocycles. The Morgan fingerprint density at radius 3 is 2.96 bits per heavy atom. The SMILES string of the molecule is O=C(CN(Cc1cccs1)C[C@@H]1CCCO1)Nc1cc(F)ccc1F. The number of hydrogen-bond donors (Lipinski definition) is 1. The number of carbonyl (C=O) groups is 1. The molecule has 0 saturated carbocycles. The number of hydrogen-bond acceptors (Lipinski definition) is 4. The molecule has 1 N–H and O–H groups in total. The molecule has 3 rings (SSSR count). The van der Waals surface area contributed by atoms with Crippen LogP contribution in [0.3, 0.4) is 0 Å². The van der Waals surface area contributed by atoms with E-state index >= 15 is 0 Å². The van der Waals surface area contributed by atoms with Crippen molar-refractivity contribution in [2.24, 2.45) is 0 Å². The van der Waals surface area contributed by atoms with Crippen molar-refractivity contribution in [1.29, 1.82) is 0 Å². The number of ether oxygens (including phenoxy) is 1. The molecule has 2 heterocycles. The molecular formula is C18H20F2N2O2S. The number of nitrogens with one attached hydrogen (secondary N) is 1. The van der Waals surface area contributed by atoms with Gasteiger partial charge in [0.15, 0.2) is 0 Å². The van der Waals surface area contributed by atoms with Crippen LogP contribution in [0.15, 0.2) is 35.7 Å². The van der Waals surface area contributed by atoms with Crippen LogP contribution >= 0.6 is 11.3 Å². The third-order valence-corrected chi connectivity index (χ3v) is 4.88. The fraction of sp³-hybridized carbons (Fsp3) is 0.389. The number of halogens is 2. The zero-order chi connectivity index (χ0) is 17.6. The minimum atomic E-state index is -0.654. The van der Waals surface area contributed by atoms with Gasteiger partial charge in [-0.25, -0.2) is 8.78 Å². The van der Waals surface area contributed by atoms with Crippen LogP contribution in [0, 0.1) is 11.6 Å². The second-order valence-electron chi connectivity index (χ2n) is 6.06. The first kappa shape index (κ1) is 18.0. The van der Waals surface area contributed by atoms with Gasteiger partial charge in [-0.05, 0) is 36.4 Å². The molecule has 1 fully saturated rings. The van der Waals surface area contributed by atoms with Crippen LogP contribution in [0.25, 0.3) is 0 Å². The number of benzene rings is 1. The number of carbonyl (C=O) groups excluding carboxylic acids is 1. The summed E-state index contributed by atoms with van der Waals surface area (Å²) >= 11 is 1.62. The number of thiophene rings is 1. The Morgan fingerprint density at radius 1 is 1.36 bits per heavy atom. The van der Waals surface area contributed by atoms with Crippen LogP contribution in [-0.2, 0) is 16.1 Å². The topological polar surface area (TPSA) is 41.6 Å². The Morgan fingerprint density at radius 2 is 2.24 bits per heavy atom. The van der Waals surface area contributed by atoms with Crippen LogP contribution < -0.4 is 5.32 Å². The lowest BCUT2D eigenvalue weighted by Crippen LogP contribution is -2.37.